The van der Waals surface area contributed by atoms with Gasteiger partial charge in [-0.1, -0.05) is 25.8 Å². The fourth-order valence-corrected chi connectivity index (χ4v) is 4.57. The van der Waals surface area contributed by atoms with Crippen molar-refractivity contribution in [3.63, 3.8) is 0 Å². The second-order valence-electron chi connectivity index (χ2n) is 8.57. The first-order valence-corrected chi connectivity index (χ1v) is 10.8. The van der Waals surface area contributed by atoms with Crippen LogP contribution in [0.5, 0.6) is 5.75 Å². The number of hydrogen-bond acceptors (Lipinski definition) is 1. The average molecular weight is 480 g/mol. The Hall–Kier alpha value is -2.32. The van der Waals surface area contributed by atoms with E-state index in [0.717, 1.165) is 31.0 Å². The zero-order chi connectivity index (χ0) is 24.4. The average Bonchev–Trinajstić information content (AvgIpc) is 2.69. The van der Waals surface area contributed by atoms with Crippen molar-refractivity contribution in [2.45, 2.75) is 64.2 Å². The molecule has 1 fully saturated rings. The van der Waals surface area contributed by atoms with Gasteiger partial charge < -0.3 is 4.74 Å². The molecule has 0 spiro atoms. The van der Waals surface area contributed by atoms with E-state index >= 15 is 0 Å². The lowest BCUT2D eigenvalue weighted by molar-refractivity contribution is -0.275. The predicted octanol–water partition coefficient (Wildman–Crippen LogP) is 8.45. The number of halogens is 8. The minimum absolute atomic E-state index is 0.244. The van der Waals surface area contributed by atoms with Crippen molar-refractivity contribution >= 4 is 0 Å². The summed E-state index contributed by atoms with van der Waals surface area (Å²) in [5.41, 5.74) is -1.35. The van der Waals surface area contributed by atoms with Gasteiger partial charge in [-0.15, -0.1) is 13.2 Å². The predicted molar refractivity (Wildman–Crippen MR) is 107 cm³/mol. The molecular formula is C24H24F8O. The van der Waals surface area contributed by atoms with E-state index in [2.05, 4.69) is 4.74 Å². The summed E-state index contributed by atoms with van der Waals surface area (Å²) in [4.78, 5) is 0. The molecule has 0 saturated heterocycles. The van der Waals surface area contributed by atoms with E-state index in [-0.39, 0.29) is 11.1 Å². The van der Waals surface area contributed by atoms with Crippen molar-refractivity contribution in [3.8, 4) is 16.9 Å². The fraction of sp³-hybridized carbons (Fsp3) is 0.500. The molecule has 0 radical (unpaired) electrons. The van der Waals surface area contributed by atoms with Gasteiger partial charge in [0.05, 0.1) is 5.56 Å². The summed E-state index contributed by atoms with van der Waals surface area (Å²) in [6.45, 7) is 2.05. The summed E-state index contributed by atoms with van der Waals surface area (Å²) in [5, 5.41) is 0. The van der Waals surface area contributed by atoms with Crippen LogP contribution in [0.3, 0.4) is 0 Å². The molecule has 3 rings (SSSR count). The van der Waals surface area contributed by atoms with Crippen LogP contribution in [0.2, 0.25) is 0 Å². The molecule has 1 aliphatic carbocycles. The summed E-state index contributed by atoms with van der Waals surface area (Å²) in [7, 11) is 0. The van der Waals surface area contributed by atoms with Gasteiger partial charge in [0, 0.05) is 12.3 Å². The molecule has 0 aromatic heterocycles. The molecule has 0 amide bonds. The van der Waals surface area contributed by atoms with Gasteiger partial charge in [0.25, 0.3) is 5.92 Å². The molecule has 0 heterocycles. The third kappa shape index (κ3) is 6.38. The number of ether oxygens (including phenoxy) is 1. The largest absolute Gasteiger partial charge is 0.573 e. The summed E-state index contributed by atoms with van der Waals surface area (Å²) in [6, 6.07) is 3.45. The Morgan fingerprint density at radius 3 is 1.97 bits per heavy atom. The van der Waals surface area contributed by atoms with Crippen molar-refractivity contribution in [2.75, 3.05) is 0 Å². The Balaban J connectivity index is 1.77. The molecule has 33 heavy (non-hydrogen) atoms. The van der Waals surface area contributed by atoms with Gasteiger partial charge in [-0.2, -0.15) is 0 Å². The normalized spacial score (nSPS) is 19.5. The van der Waals surface area contributed by atoms with Gasteiger partial charge >= 0.3 is 6.36 Å². The fourth-order valence-electron chi connectivity index (χ4n) is 4.57. The highest BCUT2D eigenvalue weighted by Crippen LogP contribution is 2.42. The Bertz CT molecular complexity index is 938. The van der Waals surface area contributed by atoms with Crippen molar-refractivity contribution in [1.82, 2.24) is 0 Å². The molecule has 0 bridgehead atoms. The second kappa shape index (κ2) is 9.89. The SMILES string of the molecule is CCCC1CCC(C(F)(F)Cc2cc(F)c(-c3ccc(OC(F)(F)F)c(F)c3)c(F)c2)CC1. The van der Waals surface area contributed by atoms with Gasteiger partial charge in [0.1, 0.15) is 11.6 Å². The maximum Gasteiger partial charge on any atom is 0.573 e. The van der Waals surface area contributed by atoms with E-state index in [4.69, 9.17) is 0 Å². The van der Waals surface area contributed by atoms with Crippen LogP contribution in [0.15, 0.2) is 30.3 Å². The van der Waals surface area contributed by atoms with Gasteiger partial charge in [0.2, 0.25) is 0 Å². The van der Waals surface area contributed by atoms with Crippen LogP contribution in [-0.4, -0.2) is 12.3 Å². The van der Waals surface area contributed by atoms with Crippen molar-refractivity contribution in [1.29, 1.82) is 0 Å². The molecule has 9 heteroatoms. The first kappa shape index (κ1) is 25.3. The number of rotatable bonds is 7. The van der Waals surface area contributed by atoms with E-state index in [1.54, 1.807) is 0 Å². The molecule has 0 unspecified atom stereocenters. The van der Waals surface area contributed by atoms with Crippen LogP contribution in [0, 0.1) is 29.3 Å². The van der Waals surface area contributed by atoms with Crippen molar-refractivity contribution in [3.05, 3.63) is 53.3 Å². The highest BCUT2D eigenvalue weighted by atomic mass is 19.4. The van der Waals surface area contributed by atoms with Gasteiger partial charge in [0.15, 0.2) is 11.6 Å². The minimum atomic E-state index is -5.14. The van der Waals surface area contributed by atoms with Crippen LogP contribution >= 0.6 is 0 Å². The molecule has 1 nitrogen and oxygen atoms in total. The van der Waals surface area contributed by atoms with Crippen LogP contribution in [0.4, 0.5) is 35.1 Å². The van der Waals surface area contributed by atoms with Crippen molar-refractivity contribution in [2.24, 2.45) is 11.8 Å². The molecule has 1 aliphatic rings. The summed E-state index contributed by atoms with van der Waals surface area (Å²) in [6.07, 6.45) is -1.86. The molecule has 182 valence electrons. The lowest BCUT2D eigenvalue weighted by Crippen LogP contribution is -2.34. The highest BCUT2D eigenvalue weighted by Gasteiger charge is 2.41. The van der Waals surface area contributed by atoms with Gasteiger partial charge in [-0.3, -0.25) is 0 Å². The molecule has 2 aromatic rings. The first-order chi connectivity index (χ1) is 15.4. The van der Waals surface area contributed by atoms with Crippen molar-refractivity contribution < 1.29 is 39.9 Å². The molecule has 1 saturated carbocycles. The van der Waals surface area contributed by atoms with Crippen LogP contribution < -0.4 is 4.74 Å². The highest BCUT2D eigenvalue weighted by molar-refractivity contribution is 5.66. The third-order valence-electron chi connectivity index (χ3n) is 6.13. The van der Waals surface area contributed by atoms with E-state index in [1.807, 2.05) is 6.92 Å². The zero-order valence-electron chi connectivity index (χ0n) is 17.9. The lowest BCUT2D eigenvalue weighted by atomic mass is 9.76. The molecule has 0 atom stereocenters. The van der Waals surface area contributed by atoms with Crippen LogP contribution in [-0.2, 0) is 6.42 Å². The van der Waals surface area contributed by atoms with E-state index in [1.165, 1.54) is 0 Å². The minimum Gasteiger partial charge on any atom is -0.403 e. The van der Waals surface area contributed by atoms with Gasteiger partial charge in [-0.05, 0) is 67.0 Å². The lowest BCUT2D eigenvalue weighted by Gasteiger charge is -2.33. The van der Waals surface area contributed by atoms with Crippen LogP contribution in [0.1, 0.15) is 51.0 Å². The number of alkyl halides is 5. The molecule has 0 aliphatic heterocycles. The molecule has 0 N–H and O–H groups in total. The summed E-state index contributed by atoms with van der Waals surface area (Å²) in [5.74, 6) is -8.63. The maximum atomic E-state index is 14.8. The molecular weight excluding hydrogens is 456 g/mol. The van der Waals surface area contributed by atoms with E-state index < -0.39 is 53.4 Å². The van der Waals surface area contributed by atoms with E-state index in [0.29, 0.717) is 43.7 Å². The monoisotopic (exact) mass is 480 g/mol. The standard InChI is InChI=1S/C24H24F8O/c1-2-3-14-4-7-17(8-5-14)23(28,29)13-15-10-19(26)22(20(27)11-15)16-6-9-21(18(25)12-16)33-24(30,31)32/h6,9-12,14,17H,2-5,7-8,13H2,1H3. The zero-order valence-corrected chi connectivity index (χ0v) is 17.9. The smallest absolute Gasteiger partial charge is 0.403 e. The van der Waals surface area contributed by atoms with Crippen LogP contribution in [0.25, 0.3) is 11.1 Å². The number of hydrogen-bond donors (Lipinski definition) is 0. The summed E-state index contributed by atoms with van der Waals surface area (Å²) >= 11 is 0. The topological polar surface area (TPSA) is 9.23 Å². The summed E-state index contributed by atoms with van der Waals surface area (Å²) < 4.78 is 113. The quantitative estimate of drug-likeness (QED) is 0.361. The molecule has 2 aromatic carbocycles. The second-order valence-corrected chi connectivity index (χ2v) is 8.57. The van der Waals surface area contributed by atoms with E-state index in [9.17, 15) is 35.1 Å². The Labute approximate surface area is 186 Å². The third-order valence-corrected chi connectivity index (χ3v) is 6.13. The Morgan fingerprint density at radius 1 is 0.848 bits per heavy atom. The van der Waals surface area contributed by atoms with Gasteiger partial charge in [-0.25, -0.2) is 22.0 Å². The first-order valence-electron chi connectivity index (χ1n) is 10.8. The Morgan fingerprint density at radius 2 is 1.45 bits per heavy atom. The number of benzene rings is 2. The maximum absolute atomic E-state index is 14.8. The Kier molecular flexibility index (Phi) is 7.59.